The highest BCUT2D eigenvalue weighted by Crippen LogP contribution is 2.25. The third kappa shape index (κ3) is 2.27. The fourth-order valence-corrected chi connectivity index (χ4v) is 1.25. The van der Waals surface area contributed by atoms with Crippen LogP contribution in [0.4, 0.5) is 0 Å². The van der Waals surface area contributed by atoms with Gasteiger partial charge >= 0.3 is 0 Å². The standard InChI is InChI=1S/C12H14O2/c1-4-9-12(2,13)10-5-7-11(14-3)8-6-10/h1,5-8,13H,9H2,2-3H3/t12-/m1/s1. The first-order chi connectivity index (χ1) is 6.60. The second-order valence-corrected chi connectivity index (χ2v) is 3.38. The van der Waals surface area contributed by atoms with Gasteiger partial charge in [-0.1, -0.05) is 12.1 Å². The molecule has 1 aromatic rings. The molecule has 1 N–H and O–H groups in total. The smallest absolute Gasteiger partial charge is 0.118 e. The molecule has 0 aromatic heterocycles. The predicted molar refractivity (Wildman–Crippen MR) is 56.0 cm³/mol. The summed E-state index contributed by atoms with van der Waals surface area (Å²) >= 11 is 0. The van der Waals surface area contributed by atoms with Crippen LogP contribution in [0, 0.1) is 12.3 Å². The van der Waals surface area contributed by atoms with Gasteiger partial charge in [0.05, 0.1) is 12.7 Å². The second kappa shape index (κ2) is 4.17. The van der Waals surface area contributed by atoms with Crippen molar-refractivity contribution in [3.05, 3.63) is 29.8 Å². The molecule has 0 bridgehead atoms. The van der Waals surface area contributed by atoms with Crippen LogP contribution in [0.25, 0.3) is 0 Å². The van der Waals surface area contributed by atoms with Crippen molar-refractivity contribution in [1.29, 1.82) is 0 Å². The zero-order chi connectivity index (χ0) is 10.6. The molecule has 0 aliphatic heterocycles. The number of hydrogen-bond acceptors (Lipinski definition) is 2. The van der Waals surface area contributed by atoms with Crippen LogP contribution in [0.1, 0.15) is 18.9 Å². The number of terminal acetylenes is 1. The Morgan fingerprint density at radius 3 is 2.43 bits per heavy atom. The van der Waals surface area contributed by atoms with E-state index in [-0.39, 0.29) is 0 Å². The van der Waals surface area contributed by atoms with E-state index in [1.165, 1.54) is 0 Å². The molecule has 0 amide bonds. The normalized spacial score (nSPS) is 14.1. The minimum atomic E-state index is -0.957. The third-order valence-corrected chi connectivity index (χ3v) is 2.16. The molecule has 0 fully saturated rings. The summed E-state index contributed by atoms with van der Waals surface area (Å²) in [6.07, 6.45) is 5.48. The average Bonchev–Trinajstić information content (AvgIpc) is 2.18. The van der Waals surface area contributed by atoms with Gasteiger partial charge in [0, 0.05) is 6.42 Å². The Morgan fingerprint density at radius 2 is 2.00 bits per heavy atom. The quantitative estimate of drug-likeness (QED) is 0.738. The van der Waals surface area contributed by atoms with Gasteiger partial charge < -0.3 is 9.84 Å². The Kier molecular flexibility index (Phi) is 3.16. The molecule has 0 saturated heterocycles. The topological polar surface area (TPSA) is 29.5 Å². The molecular formula is C12H14O2. The van der Waals surface area contributed by atoms with E-state index in [0.717, 1.165) is 11.3 Å². The van der Waals surface area contributed by atoms with Crippen LogP contribution in [0.2, 0.25) is 0 Å². The lowest BCUT2D eigenvalue weighted by Gasteiger charge is -2.21. The Balaban J connectivity index is 2.92. The molecule has 0 unspecified atom stereocenters. The molecular weight excluding hydrogens is 176 g/mol. The SMILES string of the molecule is C#CC[C@@](C)(O)c1ccc(OC)cc1. The molecule has 0 heterocycles. The summed E-state index contributed by atoms with van der Waals surface area (Å²) in [5.41, 5.74) is -0.155. The van der Waals surface area contributed by atoms with E-state index in [2.05, 4.69) is 5.92 Å². The van der Waals surface area contributed by atoms with Gasteiger partial charge in [-0.2, -0.15) is 0 Å². The van der Waals surface area contributed by atoms with Gasteiger partial charge in [0.1, 0.15) is 5.75 Å². The molecule has 2 nitrogen and oxygen atoms in total. The average molecular weight is 190 g/mol. The van der Waals surface area contributed by atoms with Crippen LogP contribution >= 0.6 is 0 Å². The van der Waals surface area contributed by atoms with Gasteiger partial charge in [-0.15, -0.1) is 12.3 Å². The van der Waals surface area contributed by atoms with E-state index in [1.807, 2.05) is 12.1 Å². The maximum atomic E-state index is 9.97. The Hall–Kier alpha value is -1.46. The van der Waals surface area contributed by atoms with Gasteiger partial charge in [0.15, 0.2) is 0 Å². The first kappa shape index (κ1) is 10.6. The minimum absolute atomic E-state index is 0.305. The van der Waals surface area contributed by atoms with Crippen LogP contribution < -0.4 is 4.74 Å². The van der Waals surface area contributed by atoms with E-state index >= 15 is 0 Å². The highest BCUT2D eigenvalue weighted by atomic mass is 16.5. The number of rotatable bonds is 3. The first-order valence-electron chi connectivity index (χ1n) is 4.40. The Morgan fingerprint density at radius 1 is 1.43 bits per heavy atom. The molecule has 74 valence electrons. The maximum Gasteiger partial charge on any atom is 0.118 e. The van der Waals surface area contributed by atoms with Gasteiger partial charge in [0.25, 0.3) is 0 Å². The molecule has 1 rings (SSSR count). The fraction of sp³-hybridized carbons (Fsp3) is 0.333. The molecule has 0 saturated carbocycles. The number of benzene rings is 1. The summed E-state index contributed by atoms with van der Waals surface area (Å²) < 4.78 is 5.02. The van der Waals surface area contributed by atoms with E-state index in [0.29, 0.717) is 6.42 Å². The van der Waals surface area contributed by atoms with Crippen molar-refractivity contribution in [3.8, 4) is 18.1 Å². The molecule has 0 radical (unpaired) electrons. The first-order valence-corrected chi connectivity index (χ1v) is 4.40. The van der Waals surface area contributed by atoms with Crippen molar-refractivity contribution in [1.82, 2.24) is 0 Å². The van der Waals surface area contributed by atoms with Gasteiger partial charge in [-0.25, -0.2) is 0 Å². The summed E-state index contributed by atoms with van der Waals surface area (Å²) in [4.78, 5) is 0. The van der Waals surface area contributed by atoms with Crippen LogP contribution in [0.15, 0.2) is 24.3 Å². The monoisotopic (exact) mass is 190 g/mol. The summed E-state index contributed by atoms with van der Waals surface area (Å²) in [5.74, 6) is 3.22. The van der Waals surface area contributed by atoms with Crippen molar-refractivity contribution in [2.45, 2.75) is 18.9 Å². The zero-order valence-electron chi connectivity index (χ0n) is 8.45. The van der Waals surface area contributed by atoms with Crippen LogP contribution in [0.5, 0.6) is 5.75 Å². The van der Waals surface area contributed by atoms with E-state index in [4.69, 9.17) is 11.2 Å². The Labute approximate surface area is 84.5 Å². The van der Waals surface area contributed by atoms with Crippen LogP contribution in [-0.2, 0) is 5.60 Å². The molecule has 2 heteroatoms. The molecule has 0 aliphatic rings. The number of aliphatic hydroxyl groups is 1. The van der Waals surface area contributed by atoms with Crippen molar-refractivity contribution in [2.75, 3.05) is 7.11 Å². The lowest BCUT2D eigenvalue weighted by atomic mass is 9.93. The molecule has 0 aliphatic carbocycles. The lowest BCUT2D eigenvalue weighted by molar-refractivity contribution is 0.0629. The number of hydrogen-bond donors (Lipinski definition) is 1. The van der Waals surface area contributed by atoms with Gasteiger partial charge in [-0.3, -0.25) is 0 Å². The molecule has 0 spiro atoms. The molecule has 1 aromatic carbocycles. The summed E-state index contributed by atoms with van der Waals surface area (Å²) in [5, 5.41) is 9.97. The van der Waals surface area contributed by atoms with Crippen molar-refractivity contribution in [3.63, 3.8) is 0 Å². The van der Waals surface area contributed by atoms with Crippen molar-refractivity contribution < 1.29 is 9.84 Å². The lowest BCUT2D eigenvalue weighted by Crippen LogP contribution is -2.19. The second-order valence-electron chi connectivity index (χ2n) is 3.38. The summed E-state index contributed by atoms with van der Waals surface area (Å²) in [6, 6.07) is 7.24. The van der Waals surface area contributed by atoms with Crippen LogP contribution in [-0.4, -0.2) is 12.2 Å². The highest BCUT2D eigenvalue weighted by molar-refractivity contribution is 5.31. The summed E-state index contributed by atoms with van der Waals surface area (Å²) in [7, 11) is 1.61. The molecule has 14 heavy (non-hydrogen) atoms. The van der Waals surface area contributed by atoms with Crippen LogP contribution in [0.3, 0.4) is 0 Å². The third-order valence-electron chi connectivity index (χ3n) is 2.16. The number of ether oxygens (including phenoxy) is 1. The number of methoxy groups -OCH3 is 1. The van der Waals surface area contributed by atoms with Crippen molar-refractivity contribution >= 4 is 0 Å². The van der Waals surface area contributed by atoms with Crippen molar-refractivity contribution in [2.24, 2.45) is 0 Å². The highest BCUT2D eigenvalue weighted by Gasteiger charge is 2.21. The molecule has 1 atom stereocenters. The zero-order valence-corrected chi connectivity index (χ0v) is 8.45. The minimum Gasteiger partial charge on any atom is -0.497 e. The summed E-state index contributed by atoms with van der Waals surface area (Å²) in [6.45, 7) is 1.70. The fourth-order valence-electron chi connectivity index (χ4n) is 1.25. The largest absolute Gasteiger partial charge is 0.497 e. The van der Waals surface area contributed by atoms with E-state index in [1.54, 1.807) is 26.2 Å². The van der Waals surface area contributed by atoms with E-state index < -0.39 is 5.60 Å². The van der Waals surface area contributed by atoms with E-state index in [9.17, 15) is 5.11 Å². The Bertz CT molecular complexity index is 330. The predicted octanol–water partition coefficient (Wildman–Crippen LogP) is 1.93. The van der Waals surface area contributed by atoms with Gasteiger partial charge in [0.2, 0.25) is 0 Å². The maximum absolute atomic E-state index is 9.97. The van der Waals surface area contributed by atoms with Gasteiger partial charge in [-0.05, 0) is 24.6 Å².